The lowest BCUT2D eigenvalue weighted by Gasteiger charge is -2.34. The largest absolute Gasteiger partial charge is 0.450 e. The molecule has 2 aliphatic rings. The van der Waals surface area contributed by atoms with Gasteiger partial charge in [0.15, 0.2) is 6.61 Å². The van der Waals surface area contributed by atoms with Crippen LogP contribution in [0.1, 0.15) is 64.7 Å². The minimum absolute atomic E-state index is 0.110. The first-order valence-electron chi connectivity index (χ1n) is 10.2. The second-order valence-electron chi connectivity index (χ2n) is 7.87. The van der Waals surface area contributed by atoms with Crippen molar-refractivity contribution in [3.8, 4) is 0 Å². The second-order valence-corrected chi connectivity index (χ2v) is 7.87. The number of carbonyl (C=O) groups is 2. The summed E-state index contributed by atoms with van der Waals surface area (Å²) in [6, 6.07) is 0.0828. The number of ether oxygens (including phenoxy) is 2. The third-order valence-corrected chi connectivity index (χ3v) is 5.65. The fourth-order valence-corrected chi connectivity index (χ4v) is 4.25. The third kappa shape index (κ3) is 8.56. The van der Waals surface area contributed by atoms with Gasteiger partial charge in [0, 0.05) is 12.1 Å². The van der Waals surface area contributed by atoms with Crippen LogP contribution in [0.3, 0.4) is 0 Å². The summed E-state index contributed by atoms with van der Waals surface area (Å²) in [5.41, 5.74) is 0. The van der Waals surface area contributed by atoms with Crippen LogP contribution < -0.4 is 10.6 Å². The Balaban J connectivity index is 1.59. The predicted octanol–water partition coefficient (Wildman–Crippen LogP) is 4.53. The molecule has 6 nitrogen and oxygen atoms in total. The molecule has 0 atom stereocenters. The van der Waals surface area contributed by atoms with Gasteiger partial charge in [-0.2, -0.15) is 13.2 Å². The summed E-state index contributed by atoms with van der Waals surface area (Å²) in [6.07, 6.45) is 2.86. The van der Waals surface area contributed by atoms with Crippen LogP contribution in [0.25, 0.3) is 0 Å². The number of carbonyl (C=O) groups excluding carboxylic acids is 2. The Morgan fingerprint density at radius 3 is 1.64 bits per heavy atom. The number of amides is 2. The molecule has 2 N–H and O–H groups in total. The van der Waals surface area contributed by atoms with Gasteiger partial charge in [0.1, 0.15) is 0 Å². The number of halogens is 3. The summed E-state index contributed by atoms with van der Waals surface area (Å²) in [6.45, 7) is 0.604. The average Bonchev–Trinajstić information content (AvgIpc) is 2.63. The highest BCUT2D eigenvalue weighted by Crippen LogP contribution is 2.35. The van der Waals surface area contributed by atoms with Crippen LogP contribution in [0, 0.1) is 11.8 Å². The van der Waals surface area contributed by atoms with Crippen molar-refractivity contribution in [3.05, 3.63) is 0 Å². The molecule has 0 aromatic carbocycles. The van der Waals surface area contributed by atoms with Crippen molar-refractivity contribution in [3.63, 3.8) is 0 Å². The number of alkyl carbamates (subject to hydrolysis) is 2. The van der Waals surface area contributed by atoms with E-state index in [1.54, 1.807) is 6.92 Å². The van der Waals surface area contributed by atoms with Crippen LogP contribution in [0.4, 0.5) is 22.8 Å². The molecule has 0 spiro atoms. The highest BCUT2D eigenvalue weighted by molar-refractivity contribution is 5.67. The van der Waals surface area contributed by atoms with Gasteiger partial charge < -0.3 is 20.1 Å². The van der Waals surface area contributed by atoms with E-state index in [-0.39, 0.29) is 18.2 Å². The topological polar surface area (TPSA) is 76.7 Å². The maximum atomic E-state index is 12.1. The van der Waals surface area contributed by atoms with E-state index in [0.717, 1.165) is 57.8 Å². The molecule has 9 heteroatoms. The van der Waals surface area contributed by atoms with E-state index in [0.29, 0.717) is 18.4 Å². The molecule has 2 saturated carbocycles. The van der Waals surface area contributed by atoms with Gasteiger partial charge in [0.05, 0.1) is 6.61 Å². The summed E-state index contributed by atoms with van der Waals surface area (Å²) < 4.78 is 45.3. The predicted molar refractivity (Wildman–Crippen MR) is 96.8 cm³/mol. The summed E-state index contributed by atoms with van der Waals surface area (Å²) in [5, 5.41) is 5.44. The Morgan fingerprint density at radius 2 is 1.25 bits per heavy atom. The zero-order chi connectivity index (χ0) is 20.6. The Bertz CT molecular complexity index is 500. The maximum Gasteiger partial charge on any atom is 0.422 e. The van der Waals surface area contributed by atoms with Crippen molar-refractivity contribution in [2.75, 3.05) is 13.2 Å². The number of rotatable bonds is 6. The van der Waals surface area contributed by atoms with E-state index in [2.05, 4.69) is 15.4 Å². The van der Waals surface area contributed by atoms with E-state index in [1.165, 1.54) is 0 Å². The van der Waals surface area contributed by atoms with Crippen LogP contribution >= 0.6 is 0 Å². The fourth-order valence-electron chi connectivity index (χ4n) is 4.25. The first kappa shape index (κ1) is 22.6. The van der Waals surface area contributed by atoms with Gasteiger partial charge in [-0.25, -0.2) is 9.59 Å². The van der Waals surface area contributed by atoms with E-state index in [9.17, 15) is 22.8 Å². The molecule has 0 heterocycles. The lowest BCUT2D eigenvalue weighted by atomic mass is 9.76. The number of nitrogens with one attached hydrogen (secondary N) is 2. The molecular weight excluding hydrogens is 377 g/mol. The first-order chi connectivity index (χ1) is 13.2. The van der Waals surface area contributed by atoms with Gasteiger partial charge in [-0.3, -0.25) is 0 Å². The maximum absolute atomic E-state index is 12.1. The van der Waals surface area contributed by atoms with Crippen LogP contribution in [0.15, 0.2) is 0 Å². The van der Waals surface area contributed by atoms with Gasteiger partial charge in [-0.15, -0.1) is 0 Å². The molecule has 2 amide bonds. The molecule has 2 fully saturated rings. The van der Waals surface area contributed by atoms with Crippen LogP contribution in [-0.4, -0.2) is 43.7 Å². The second kappa shape index (κ2) is 10.8. The molecule has 0 radical (unpaired) electrons. The SMILES string of the molecule is CCOC(=O)NC1CCC(CC2CCC(NC(=O)OCC(F)(F)F)CC2)CC1. The lowest BCUT2D eigenvalue weighted by molar-refractivity contribution is -0.160. The molecule has 2 aliphatic carbocycles. The number of hydrogen-bond acceptors (Lipinski definition) is 4. The normalized spacial score (nSPS) is 28.3. The average molecular weight is 408 g/mol. The molecular formula is C19H31F3N2O4. The van der Waals surface area contributed by atoms with Crippen molar-refractivity contribution in [2.45, 2.75) is 83.0 Å². The molecule has 0 aromatic heterocycles. The third-order valence-electron chi connectivity index (χ3n) is 5.65. The van der Waals surface area contributed by atoms with Crippen LogP contribution in [-0.2, 0) is 9.47 Å². The van der Waals surface area contributed by atoms with Crippen LogP contribution in [0.5, 0.6) is 0 Å². The van der Waals surface area contributed by atoms with Crippen molar-refractivity contribution in [2.24, 2.45) is 11.8 Å². The summed E-state index contributed by atoms with van der Waals surface area (Å²) in [5.74, 6) is 1.23. The minimum Gasteiger partial charge on any atom is -0.450 e. The van der Waals surface area contributed by atoms with Gasteiger partial charge in [-0.05, 0) is 76.5 Å². The molecule has 0 aliphatic heterocycles. The number of alkyl halides is 3. The molecule has 28 heavy (non-hydrogen) atoms. The van der Waals surface area contributed by atoms with E-state index >= 15 is 0 Å². The monoisotopic (exact) mass is 408 g/mol. The fraction of sp³-hybridized carbons (Fsp3) is 0.895. The summed E-state index contributed by atoms with van der Waals surface area (Å²) >= 11 is 0. The lowest BCUT2D eigenvalue weighted by Crippen LogP contribution is -2.40. The zero-order valence-corrected chi connectivity index (χ0v) is 16.4. The van der Waals surface area contributed by atoms with Gasteiger partial charge in [0.25, 0.3) is 0 Å². The van der Waals surface area contributed by atoms with Gasteiger partial charge in [0.2, 0.25) is 0 Å². The van der Waals surface area contributed by atoms with Crippen molar-refractivity contribution in [1.29, 1.82) is 0 Å². The highest BCUT2D eigenvalue weighted by atomic mass is 19.4. The Hall–Kier alpha value is -1.67. The Kier molecular flexibility index (Phi) is 8.69. The van der Waals surface area contributed by atoms with Gasteiger partial charge >= 0.3 is 18.4 Å². The smallest absolute Gasteiger partial charge is 0.422 e. The van der Waals surface area contributed by atoms with E-state index in [1.807, 2.05) is 0 Å². The standard InChI is InChI=1S/C19H31F3N2O4/c1-2-27-17(25)23-15-7-3-13(4-8-15)11-14-5-9-16(10-6-14)24-18(26)28-12-19(20,21)22/h13-16H,2-12H2,1H3,(H,23,25)(H,24,26). The molecule has 0 saturated heterocycles. The van der Waals surface area contributed by atoms with Gasteiger partial charge in [-0.1, -0.05) is 0 Å². The highest BCUT2D eigenvalue weighted by Gasteiger charge is 2.31. The summed E-state index contributed by atoms with van der Waals surface area (Å²) in [4.78, 5) is 22.9. The molecule has 0 unspecified atom stereocenters. The van der Waals surface area contributed by atoms with Crippen molar-refractivity contribution < 1.29 is 32.2 Å². The number of hydrogen-bond donors (Lipinski definition) is 2. The quantitative estimate of drug-likeness (QED) is 0.677. The van der Waals surface area contributed by atoms with Crippen molar-refractivity contribution >= 4 is 12.2 Å². The first-order valence-corrected chi connectivity index (χ1v) is 10.2. The van der Waals surface area contributed by atoms with Crippen molar-refractivity contribution in [1.82, 2.24) is 10.6 Å². The van der Waals surface area contributed by atoms with E-state index < -0.39 is 18.9 Å². The zero-order valence-electron chi connectivity index (χ0n) is 16.4. The molecule has 0 aromatic rings. The minimum atomic E-state index is -4.50. The Labute approximate surface area is 163 Å². The molecule has 0 bridgehead atoms. The molecule has 2 rings (SSSR count). The molecule has 162 valence electrons. The summed E-state index contributed by atoms with van der Waals surface area (Å²) in [7, 11) is 0. The van der Waals surface area contributed by atoms with E-state index in [4.69, 9.17) is 4.74 Å². The van der Waals surface area contributed by atoms with Crippen LogP contribution in [0.2, 0.25) is 0 Å². The Morgan fingerprint density at radius 1 is 0.821 bits per heavy atom.